The zero-order valence-corrected chi connectivity index (χ0v) is 17.5. The molecule has 0 spiro atoms. The standard InChI is InChI=1S/C23H19F3N2O4/c1-12-8-15(13(2)28(12)19-7-5-4-6-17(19)23(24,25)26)22(30)27-18-10-21-20(31-11-32-21)9-16(18)14(3)29/h4-10H,11H2,1-3H3,(H,27,30). The van der Waals surface area contributed by atoms with Crippen LogP contribution in [-0.2, 0) is 6.18 Å². The van der Waals surface area contributed by atoms with Gasteiger partial charge in [0.05, 0.1) is 22.5 Å². The van der Waals surface area contributed by atoms with Crippen LogP contribution in [0.5, 0.6) is 11.5 Å². The van der Waals surface area contributed by atoms with Gasteiger partial charge in [-0.25, -0.2) is 0 Å². The summed E-state index contributed by atoms with van der Waals surface area (Å²) < 4.78 is 52.6. The van der Waals surface area contributed by atoms with Gasteiger partial charge in [-0.05, 0) is 45.0 Å². The molecule has 0 radical (unpaired) electrons. The van der Waals surface area contributed by atoms with Crippen molar-refractivity contribution in [1.29, 1.82) is 0 Å². The van der Waals surface area contributed by atoms with Gasteiger partial charge in [0.1, 0.15) is 0 Å². The summed E-state index contributed by atoms with van der Waals surface area (Å²) in [5.41, 5.74) is 0.575. The molecule has 6 nitrogen and oxygen atoms in total. The van der Waals surface area contributed by atoms with Crippen molar-refractivity contribution in [1.82, 2.24) is 4.57 Å². The van der Waals surface area contributed by atoms with Gasteiger partial charge in [-0.1, -0.05) is 12.1 Å². The third kappa shape index (κ3) is 3.70. The molecule has 2 heterocycles. The highest BCUT2D eigenvalue weighted by molar-refractivity contribution is 6.10. The maximum Gasteiger partial charge on any atom is 0.418 e. The van der Waals surface area contributed by atoms with Crippen LogP contribution in [0.1, 0.15) is 44.6 Å². The number of alkyl halides is 3. The molecule has 0 unspecified atom stereocenters. The number of rotatable bonds is 4. The molecule has 0 atom stereocenters. The largest absolute Gasteiger partial charge is 0.454 e. The van der Waals surface area contributed by atoms with E-state index in [1.54, 1.807) is 13.8 Å². The first kappa shape index (κ1) is 21.5. The number of hydrogen-bond acceptors (Lipinski definition) is 4. The van der Waals surface area contributed by atoms with Crippen LogP contribution >= 0.6 is 0 Å². The molecule has 0 aliphatic carbocycles. The zero-order valence-electron chi connectivity index (χ0n) is 17.5. The van der Waals surface area contributed by atoms with Crippen LogP contribution < -0.4 is 14.8 Å². The maximum atomic E-state index is 13.5. The topological polar surface area (TPSA) is 69.6 Å². The Morgan fingerprint density at radius 1 is 1.00 bits per heavy atom. The van der Waals surface area contributed by atoms with E-state index in [1.165, 1.54) is 47.9 Å². The summed E-state index contributed by atoms with van der Waals surface area (Å²) in [6.45, 7) is 4.55. The normalized spacial score (nSPS) is 12.7. The van der Waals surface area contributed by atoms with Crippen molar-refractivity contribution >= 4 is 17.4 Å². The van der Waals surface area contributed by atoms with E-state index in [0.29, 0.717) is 22.9 Å². The van der Waals surface area contributed by atoms with Gasteiger partial charge in [0, 0.05) is 23.0 Å². The highest BCUT2D eigenvalue weighted by Gasteiger charge is 2.34. The molecule has 1 aliphatic rings. The van der Waals surface area contributed by atoms with Crippen LogP contribution in [-0.4, -0.2) is 23.1 Å². The summed E-state index contributed by atoms with van der Waals surface area (Å²) >= 11 is 0. The Kier molecular flexibility index (Phi) is 5.20. The van der Waals surface area contributed by atoms with Gasteiger partial charge in [-0.15, -0.1) is 0 Å². The fourth-order valence-electron chi connectivity index (χ4n) is 3.80. The monoisotopic (exact) mass is 444 g/mol. The smallest absolute Gasteiger partial charge is 0.418 e. The molecule has 4 rings (SSSR count). The minimum absolute atomic E-state index is 0.00382. The Hall–Kier alpha value is -3.75. The van der Waals surface area contributed by atoms with Crippen molar-refractivity contribution in [3.8, 4) is 17.2 Å². The molecule has 1 amide bonds. The minimum Gasteiger partial charge on any atom is -0.454 e. The highest BCUT2D eigenvalue weighted by atomic mass is 19.4. The van der Waals surface area contributed by atoms with Gasteiger partial charge >= 0.3 is 6.18 Å². The Balaban J connectivity index is 1.74. The third-order valence-electron chi connectivity index (χ3n) is 5.27. The average molecular weight is 444 g/mol. The van der Waals surface area contributed by atoms with Gasteiger partial charge in [-0.2, -0.15) is 13.2 Å². The van der Waals surface area contributed by atoms with E-state index < -0.39 is 17.6 Å². The van der Waals surface area contributed by atoms with Crippen molar-refractivity contribution in [3.63, 3.8) is 0 Å². The van der Waals surface area contributed by atoms with E-state index in [4.69, 9.17) is 9.47 Å². The number of halogens is 3. The number of Topliss-reactive ketones (excluding diaryl/α,β-unsaturated/α-hetero) is 1. The molecule has 166 valence electrons. The summed E-state index contributed by atoms with van der Waals surface area (Å²) in [5.74, 6) is -0.0663. The van der Waals surface area contributed by atoms with Crippen molar-refractivity contribution in [2.45, 2.75) is 26.9 Å². The lowest BCUT2D eigenvalue weighted by molar-refractivity contribution is -0.137. The zero-order chi connectivity index (χ0) is 23.2. The number of carbonyl (C=O) groups is 2. The number of nitrogens with one attached hydrogen (secondary N) is 1. The van der Waals surface area contributed by atoms with Crippen molar-refractivity contribution in [2.75, 3.05) is 12.1 Å². The molecule has 32 heavy (non-hydrogen) atoms. The van der Waals surface area contributed by atoms with Gasteiger partial charge in [-0.3, -0.25) is 9.59 Å². The second kappa shape index (κ2) is 7.74. The second-order valence-corrected chi connectivity index (χ2v) is 7.40. The van der Waals surface area contributed by atoms with Crippen molar-refractivity contribution < 1.29 is 32.2 Å². The highest BCUT2D eigenvalue weighted by Crippen LogP contribution is 2.38. The predicted molar refractivity (Wildman–Crippen MR) is 111 cm³/mol. The summed E-state index contributed by atoms with van der Waals surface area (Å²) in [7, 11) is 0. The number of nitrogens with zero attached hydrogens (tertiary/aromatic N) is 1. The first-order valence-corrected chi connectivity index (χ1v) is 9.69. The van der Waals surface area contributed by atoms with E-state index in [-0.39, 0.29) is 35.1 Å². The van der Waals surface area contributed by atoms with Gasteiger partial charge in [0.2, 0.25) is 6.79 Å². The van der Waals surface area contributed by atoms with E-state index >= 15 is 0 Å². The number of para-hydroxylation sites is 1. The molecule has 1 aliphatic heterocycles. The molecule has 9 heteroatoms. The minimum atomic E-state index is -4.55. The number of hydrogen-bond donors (Lipinski definition) is 1. The summed E-state index contributed by atoms with van der Waals surface area (Å²) in [6.07, 6.45) is -4.55. The van der Waals surface area contributed by atoms with Crippen molar-refractivity contribution in [3.05, 3.63) is 70.5 Å². The number of fused-ring (bicyclic) bond motifs is 1. The maximum absolute atomic E-state index is 13.5. The van der Waals surface area contributed by atoms with Crippen LogP contribution in [0.15, 0.2) is 42.5 Å². The molecule has 0 bridgehead atoms. The third-order valence-corrected chi connectivity index (χ3v) is 5.27. The van der Waals surface area contributed by atoms with E-state index in [0.717, 1.165) is 6.07 Å². The number of carbonyl (C=O) groups excluding carboxylic acids is 2. The Bertz CT molecular complexity index is 1240. The van der Waals surface area contributed by atoms with E-state index in [2.05, 4.69) is 5.32 Å². The van der Waals surface area contributed by atoms with Gasteiger partial charge in [0.15, 0.2) is 17.3 Å². The summed E-state index contributed by atoms with van der Waals surface area (Å²) in [4.78, 5) is 25.1. The molecule has 1 aromatic heterocycles. The number of benzene rings is 2. The number of anilines is 1. The fraction of sp³-hybridized carbons (Fsp3) is 0.217. The van der Waals surface area contributed by atoms with E-state index in [9.17, 15) is 22.8 Å². The SMILES string of the molecule is CC(=O)c1cc2c(cc1NC(=O)c1cc(C)n(-c3ccccc3C(F)(F)F)c1C)OCO2. The van der Waals surface area contributed by atoms with Crippen LogP contribution in [0.2, 0.25) is 0 Å². The van der Waals surface area contributed by atoms with Gasteiger partial charge < -0.3 is 19.4 Å². The summed E-state index contributed by atoms with van der Waals surface area (Å²) in [5, 5.41) is 2.68. The number of amides is 1. The van der Waals surface area contributed by atoms with Crippen LogP contribution in [0.4, 0.5) is 18.9 Å². The lowest BCUT2D eigenvalue weighted by Gasteiger charge is -2.17. The Morgan fingerprint density at radius 3 is 2.31 bits per heavy atom. The van der Waals surface area contributed by atoms with Crippen molar-refractivity contribution in [2.24, 2.45) is 0 Å². The molecule has 3 aromatic rings. The second-order valence-electron chi connectivity index (χ2n) is 7.40. The van der Waals surface area contributed by atoms with E-state index in [1.807, 2.05) is 0 Å². The number of ether oxygens (including phenoxy) is 2. The van der Waals surface area contributed by atoms with Crippen LogP contribution in [0.25, 0.3) is 5.69 Å². The molecular weight excluding hydrogens is 425 g/mol. The Labute approximate surface area is 181 Å². The lowest BCUT2D eigenvalue weighted by Crippen LogP contribution is -2.16. The quantitative estimate of drug-likeness (QED) is 0.555. The molecule has 0 fully saturated rings. The van der Waals surface area contributed by atoms with Crippen LogP contribution in [0.3, 0.4) is 0 Å². The number of aryl methyl sites for hydroxylation is 1. The average Bonchev–Trinajstić information content (AvgIpc) is 3.29. The first-order chi connectivity index (χ1) is 15.1. The van der Waals surface area contributed by atoms with Crippen LogP contribution in [0, 0.1) is 13.8 Å². The predicted octanol–water partition coefficient (Wildman–Crippen LogP) is 5.30. The number of aromatic nitrogens is 1. The van der Waals surface area contributed by atoms with Gasteiger partial charge in [0.25, 0.3) is 5.91 Å². The fourth-order valence-corrected chi connectivity index (χ4v) is 3.80. The molecular formula is C23H19F3N2O4. The molecule has 0 saturated heterocycles. The molecule has 2 aromatic carbocycles. The summed E-state index contributed by atoms with van der Waals surface area (Å²) in [6, 6.07) is 9.68. The lowest BCUT2D eigenvalue weighted by atomic mass is 10.1. The molecule has 1 N–H and O–H groups in total. The molecule has 0 saturated carbocycles. The number of ketones is 1. The Morgan fingerprint density at radius 2 is 1.66 bits per heavy atom. The first-order valence-electron chi connectivity index (χ1n) is 9.69.